The molecule has 0 amide bonds. The van der Waals surface area contributed by atoms with Gasteiger partial charge < -0.3 is 0 Å². The third-order valence-corrected chi connectivity index (χ3v) is 1.78. The third kappa shape index (κ3) is 1.52. The summed E-state index contributed by atoms with van der Waals surface area (Å²) >= 11 is 0. The van der Waals surface area contributed by atoms with Crippen LogP contribution in [-0.4, -0.2) is 12.1 Å². The van der Waals surface area contributed by atoms with Gasteiger partial charge in [0, 0.05) is 11.1 Å². The fourth-order valence-corrected chi connectivity index (χ4v) is 1.18. The number of carbonyl (C=O) groups is 2. The molecule has 0 spiro atoms. The van der Waals surface area contributed by atoms with E-state index in [2.05, 4.69) is 0 Å². The second kappa shape index (κ2) is 3.79. The average Bonchev–Trinajstić information content (AvgIpc) is 2.17. The third-order valence-electron chi connectivity index (χ3n) is 1.78. The van der Waals surface area contributed by atoms with Crippen LogP contribution in [0.15, 0.2) is 12.1 Å². The molecule has 1 aromatic rings. The molecule has 0 N–H and O–H groups in total. The quantitative estimate of drug-likeness (QED) is 0.528. The molecule has 1 rings (SSSR count). The minimum atomic E-state index is -0.789. The molecule has 0 saturated heterocycles. The maximum Gasteiger partial charge on any atom is 0.161 e. The zero-order valence-corrected chi connectivity index (χ0v) is 7.37. The lowest BCUT2D eigenvalue weighted by molar-refractivity contribution is 0.100. The van der Waals surface area contributed by atoms with Crippen LogP contribution in [-0.2, 0) is 0 Å². The number of hydrogen-bond acceptors (Lipinski definition) is 3. The minimum absolute atomic E-state index is 0.0375. The molecule has 0 fully saturated rings. The molecule has 3 nitrogen and oxygen atoms in total. The van der Waals surface area contributed by atoms with Crippen LogP contribution in [0.2, 0.25) is 0 Å². The van der Waals surface area contributed by atoms with E-state index in [9.17, 15) is 14.0 Å². The fourth-order valence-electron chi connectivity index (χ4n) is 1.18. The normalized spacial score (nSPS) is 9.21. The number of aldehydes is 1. The summed E-state index contributed by atoms with van der Waals surface area (Å²) in [6.45, 7) is 1.18. The van der Waals surface area contributed by atoms with Crippen molar-refractivity contribution in [2.24, 2.45) is 0 Å². The minimum Gasteiger partial charge on any atom is -0.298 e. The second-order valence-corrected chi connectivity index (χ2v) is 2.67. The molecular formula is C10H6FNO2. The number of nitrogens with zero attached hydrogens (tertiary/aromatic N) is 1. The fraction of sp³-hybridized carbons (Fsp3) is 0.100. The zero-order chi connectivity index (χ0) is 10.7. The second-order valence-electron chi connectivity index (χ2n) is 2.67. The Morgan fingerprint density at radius 3 is 2.64 bits per heavy atom. The number of nitriles is 1. The summed E-state index contributed by atoms with van der Waals surface area (Å²) in [6, 6.07) is 3.74. The number of rotatable bonds is 2. The summed E-state index contributed by atoms with van der Waals surface area (Å²) in [7, 11) is 0. The molecular weight excluding hydrogens is 185 g/mol. The molecule has 1 aromatic carbocycles. The van der Waals surface area contributed by atoms with E-state index < -0.39 is 11.6 Å². The van der Waals surface area contributed by atoms with E-state index >= 15 is 0 Å². The molecule has 0 saturated carbocycles. The van der Waals surface area contributed by atoms with Gasteiger partial charge in [0.05, 0.1) is 5.56 Å². The van der Waals surface area contributed by atoms with Crippen LogP contribution in [0.25, 0.3) is 0 Å². The first-order valence-electron chi connectivity index (χ1n) is 3.80. The van der Waals surface area contributed by atoms with Gasteiger partial charge in [0.15, 0.2) is 12.1 Å². The van der Waals surface area contributed by atoms with E-state index in [0.29, 0.717) is 6.29 Å². The van der Waals surface area contributed by atoms with E-state index in [1.165, 1.54) is 13.0 Å². The lowest BCUT2D eigenvalue weighted by Gasteiger charge is -2.03. The summed E-state index contributed by atoms with van der Waals surface area (Å²) in [5.41, 5.74) is -0.486. The summed E-state index contributed by atoms with van der Waals surface area (Å²) in [4.78, 5) is 21.6. The van der Waals surface area contributed by atoms with Crippen molar-refractivity contribution in [1.82, 2.24) is 0 Å². The lowest BCUT2D eigenvalue weighted by Crippen LogP contribution is -2.04. The molecule has 0 aromatic heterocycles. The monoisotopic (exact) mass is 191 g/mol. The standard InChI is InChI=1S/C10H6FNO2/c1-6(14)10-7(5-13)2-3-9(11)8(10)4-12/h2-3,5H,1H3. The van der Waals surface area contributed by atoms with E-state index in [0.717, 1.165) is 6.07 Å². The van der Waals surface area contributed by atoms with Crippen LogP contribution in [0.1, 0.15) is 33.2 Å². The summed E-state index contributed by atoms with van der Waals surface area (Å²) < 4.78 is 13.0. The molecule has 14 heavy (non-hydrogen) atoms. The Hall–Kier alpha value is -2.02. The number of ketones is 1. The highest BCUT2D eigenvalue weighted by Gasteiger charge is 2.16. The van der Waals surface area contributed by atoms with Crippen LogP contribution in [0.4, 0.5) is 4.39 Å². The molecule has 0 atom stereocenters. The molecule has 70 valence electrons. The first kappa shape index (κ1) is 10.1. The summed E-state index contributed by atoms with van der Waals surface area (Å²) in [5.74, 6) is -1.29. The maximum absolute atomic E-state index is 13.0. The Morgan fingerprint density at radius 2 is 2.21 bits per heavy atom. The highest BCUT2D eigenvalue weighted by atomic mass is 19.1. The molecule has 0 heterocycles. The van der Waals surface area contributed by atoms with Gasteiger partial charge in [-0.25, -0.2) is 4.39 Å². The topological polar surface area (TPSA) is 57.9 Å². The van der Waals surface area contributed by atoms with Gasteiger partial charge in [-0.3, -0.25) is 9.59 Å². The summed E-state index contributed by atoms with van der Waals surface area (Å²) in [5, 5.41) is 8.61. The predicted octanol–water partition coefficient (Wildman–Crippen LogP) is 1.71. The van der Waals surface area contributed by atoms with Gasteiger partial charge in [0.1, 0.15) is 11.9 Å². The van der Waals surface area contributed by atoms with Gasteiger partial charge in [-0.05, 0) is 19.1 Å². The van der Waals surface area contributed by atoms with Crippen molar-refractivity contribution in [3.63, 3.8) is 0 Å². The number of halogens is 1. The Labute approximate surface area is 79.8 Å². The highest BCUT2D eigenvalue weighted by Crippen LogP contribution is 2.17. The Kier molecular flexibility index (Phi) is 2.73. The number of carbonyl (C=O) groups excluding carboxylic acids is 2. The van der Waals surface area contributed by atoms with Gasteiger partial charge in [-0.1, -0.05) is 0 Å². The molecule has 0 aliphatic rings. The van der Waals surface area contributed by atoms with Gasteiger partial charge in [-0.2, -0.15) is 5.26 Å². The predicted molar refractivity (Wildman–Crippen MR) is 46.5 cm³/mol. The van der Waals surface area contributed by atoms with E-state index in [4.69, 9.17) is 5.26 Å². The molecule has 0 unspecified atom stereocenters. The largest absolute Gasteiger partial charge is 0.298 e. The zero-order valence-electron chi connectivity index (χ0n) is 7.37. The molecule has 4 heteroatoms. The molecule has 0 aliphatic heterocycles. The Bertz CT molecular complexity index is 446. The summed E-state index contributed by atoms with van der Waals surface area (Å²) in [6.07, 6.45) is 0.428. The number of benzene rings is 1. The van der Waals surface area contributed by atoms with Crippen molar-refractivity contribution >= 4 is 12.1 Å². The van der Waals surface area contributed by atoms with Crippen molar-refractivity contribution in [2.45, 2.75) is 6.92 Å². The Morgan fingerprint density at radius 1 is 1.57 bits per heavy atom. The van der Waals surface area contributed by atoms with E-state index in [1.807, 2.05) is 0 Å². The van der Waals surface area contributed by atoms with E-state index in [-0.39, 0.29) is 16.7 Å². The van der Waals surface area contributed by atoms with Crippen LogP contribution in [0, 0.1) is 17.1 Å². The Balaban J connectivity index is 3.62. The first-order valence-corrected chi connectivity index (χ1v) is 3.80. The number of hydrogen-bond donors (Lipinski definition) is 0. The highest BCUT2D eigenvalue weighted by molar-refractivity contribution is 6.03. The van der Waals surface area contributed by atoms with Crippen molar-refractivity contribution in [1.29, 1.82) is 5.26 Å². The molecule has 0 radical (unpaired) electrons. The van der Waals surface area contributed by atoms with Crippen LogP contribution in [0.3, 0.4) is 0 Å². The first-order chi connectivity index (χ1) is 6.61. The average molecular weight is 191 g/mol. The van der Waals surface area contributed by atoms with Crippen LogP contribution < -0.4 is 0 Å². The van der Waals surface area contributed by atoms with Crippen LogP contribution in [0.5, 0.6) is 0 Å². The maximum atomic E-state index is 13.0. The van der Waals surface area contributed by atoms with Crippen molar-refractivity contribution < 1.29 is 14.0 Å². The molecule has 0 bridgehead atoms. The van der Waals surface area contributed by atoms with Gasteiger partial charge >= 0.3 is 0 Å². The van der Waals surface area contributed by atoms with Gasteiger partial charge in [0.2, 0.25) is 0 Å². The smallest absolute Gasteiger partial charge is 0.161 e. The van der Waals surface area contributed by atoms with Gasteiger partial charge in [0.25, 0.3) is 0 Å². The van der Waals surface area contributed by atoms with Crippen molar-refractivity contribution in [3.8, 4) is 6.07 Å². The van der Waals surface area contributed by atoms with Crippen molar-refractivity contribution in [2.75, 3.05) is 0 Å². The number of Topliss-reactive ketones (excluding diaryl/α,β-unsaturated/α-hetero) is 1. The lowest BCUT2D eigenvalue weighted by atomic mass is 9.99. The SMILES string of the molecule is CC(=O)c1c(C=O)ccc(F)c1C#N. The van der Waals surface area contributed by atoms with Crippen LogP contribution >= 0.6 is 0 Å². The van der Waals surface area contributed by atoms with Gasteiger partial charge in [-0.15, -0.1) is 0 Å². The van der Waals surface area contributed by atoms with Crippen molar-refractivity contribution in [3.05, 3.63) is 34.6 Å². The van der Waals surface area contributed by atoms with E-state index in [1.54, 1.807) is 6.07 Å². The molecule has 0 aliphatic carbocycles.